The summed E-state index contributed by atoms with van der Waals surface area (Å²) in [7, 11) is 0. The third-order valence-electron chi connectivity index (χ3n) is 3.49. The minimum absolute atomic E-state index is 0.275. The van der Waals surface area contributed by atoms with Crippen LogP contribution in [0.25, 0.3) is 0 Å². The molecule has 1 aliphatic rings. The Balaban J connectivity index is 2.07. The molecule has 0 aromatic carbocycles. The maximum Gasteiger partial charge on any atom is 0.0922 e. The van der Waals surface area contributed by atoms with Crippen molar-refractivity contribution in [3.8, 4) is 0 Å². The first-order valence-corrected chi connectivity index (χ1v) is 6.68. The fourth-order valence-electron chi connectivity index (χ4n) is 2.04. The van der Waals surface area contributed by atoms with Gasteiger partial charge in [0.1, 0.15) is 0 Å². The average Bonchev–Trinajstić information content (AvgIpc) is 2.21. The van der Waals surface area contributed by atoms with Gasteiger partial charge in [-0.1, -0.05) is 27.2 Å². The average molecular weight is 245 g/mol. The predicted molar refractivity (Wildman–Crippen MR) is 68.0 cm³/mol. The fourth-order valence-corrected chi connectivity index (χ4v) is 2.04. The normalized spacial score (nSPS) is 21.5. The molecule has 4 nitrogen and oxygen atoms in total. The molecule has 0 aromatic heterocycles. The second-order valence-corrected chi connectivity index (χ2v) is 5.51. The molecule has 0 bridgehead atoms. The Morgan fingerprint density at radius 1 is 1.35 bits per heavy atom. The van der Waals surface area contributed by atoms with Gasteiger partial charge >= 0.3 is 0 Å². The summed E-state index contributed by atoms with van der Waals surface area (Å²) < 4.78 is 5.37. The van der Waals surface area contributed by atoms with Crippen LogP contribution in [0.3, 0.4) is 0 Å². The second-order valence-electron chi connectivity index (χ2n) is 5.51. The van der Waals surface area contributed by atoms with Crippen LogP contribution in [0.2, 0.25) is 0 Å². The van der Waals surface area contributed by atoms with Crippen LogP contribution in [0.15, 0.2) is 0 Å². The third kappa shape index (κ3) is 4.54. The van der Waals surface area contributed by atoms with Crippen molar-refractivity contribution in [1.29, 1.82) is 0 Å². The zero-order valence-corrected chi connectivity index (χ0v) is 11.4. The second kappa shape index (κ2) is 6.69. The Morgan fingerprint density at radius 3 is 2.53 bits per heavy atom. The maximum atomic E-state index is 10.1. The largest absolute Gasteiger partial charge is 0.389 e. The van der Waals surface area contributed by atoms with E-state index in [1.54, 1.807) is 0 Å². The van der Waals surface area contributed by atoms with E-state index < -0.39 is 11.7 Å². The molecule has 1 rings (SSSR count). The van der Waals surface area contributed by atoms with Crippen LogP contribution in [0.5, 0.6) is 0 Å². The van der Waals surface area contributed by atoms with Gasteiger partial charge in [0.15, 0.2) is 0 Å². The molecular formula is C13H27NO3. The van der Waals surface area contributed by atoms with E-state index in [9.17, 15) is 10.2 Å². The van der Waals surface area contributed by atoms with Gasteiger partial charge in [-0.3, -0.25) is 4.90 Å². The van der Waals surface area contributed by atoms with E-state index in [0.717, 1.165) is 19.4 Å². The zero-order chi connectivity index (χ0) is 12.9. The molecule has 1 heterocycles. The SMILES string of the molecule is CCCCOCC(O)CN1CC(O)(C(C)C)C1. The molecule has 0 aromatic rings. The molecule has 102 valence electrons. The van der Waals surface area contributed by atoms with Gasteiger partial charge in [-0.15, -0.1) is 0 Å². The highest BCUT2D eigenvalue weighted by molar-refractivity contribution is 4.98. The van der Waals surface area contributed by atoms with E-state index >= 15 is 0 Å². The summed E-state index contributed by atoms with van der Waals surface area (Å²) in [5.74, 6) is 0.275. The van der Waals surface area contributed by atoms with Crippen LogP contribution in [-0.4, -0.2) is 59.7 Å². The van der Waals surface area contributed by atoms with E-state index in [1.165, 1.54) is 0 Å². The summed E-state index contributed by atoms with van der Waals surface area (Å²) in [5, 5.41) is 19.8. The molecule has 2 N–H and O–H groups in total. The molecule has 1 unspecified atom stereocenters. The molecular weight excluding hydrogens is 218 g/mol. The van der Waals surface area contributed by atoms with Crippen molar-refractivity contribution >= 4 is 0 Å². The highest BCUT2D eigenvalue weighted by Crippen LogP contribution is 2.28. The van der Waals surface area contributed by atoms with Crippen LogP contribution in [-0.2, 0) is 4.74 Å². The van der Waals surface area contributed by atoms with E-state index in [2.05, 4.69) is 11.8 Å². The number of aliphatic hydroxyl groups is 2. The number of ether oxygens (including phenoxy) is 1. The van der Waals surface area contributed by atoms with Crippen LogP contribution in [0, 0.1) is 5.92 Å². The molecule has 4 heteroatoms. The number of rotatable bonds is 8. The van der Waals surface area contributed by atoms with Crippen LogP contribution >= 0.6 is 0 Å². The predicted octanol–water partition coefficient (Wildman–Crippen LogP) is 0.867. The van der Waals surface area contributed by atoms with Gasteiger partial charge in [0, 0.05) is 26.2 Å². The van der Waals surface area contributed by atoms with Crippen molar-refractivity contribution in [1.82, 2.24) is 4.90 Å². The van der Waals surface area contributed by atoms with Crippen molar-refractivity contribution in [2.24, 2.45) is 5.92 Å². The number of hydrogen-bond donors (Lipinski definition) is 2. The van der Waals surface area contributed by atoms with Crippen molar-refractivity contribution < 1.29 is 14.9 Å². The number of likely N-dealkylation sites (tertiary alicyclic amines) is 1. The summed E-state index contributed by atoms with van der Waals surface area (Å²) in [5.41, 5.74) is -0.553. The molecule has 0 amide bonds. The first-order valence-electron chi connectivity index (χ1n) is 6.68. The molecule has 1 saturated heterocycles. The highest BCUT2D eigenvalue weighted by atomic mass is 16.5. The van der Waals surface area contributed by atoms with Gasteiger partial charge in [0.25, 0.3) is 0 Å². The monoisotopic (exact) mass is 245 g/mol. The smallest absolute Gasteiger partial charge is 0.0922 e. The quantitative estimate of drug-likeness (QED) is 0.623. The van der Waals surface area contributed by atoms with Gasteiger partial charge in [-0.2, -0.15) is 0 Å². The number of hydrogen-bond acceptors (Lipinski definition) is 4. The molecule has 17 heavy (non-hydrogen) atoms. The summed E-state index contributed by atoms with van der Waals surface area (Å²) in [6.45, 7) is 9.23. The Kier molecular flexibility index (Phi) is 5.86. The standard InChI is InChI=1S/C13H27NO3/c1-4-5-6-17-8-12(15)7-14-9-13(16,10-14)11(2)3/h11-12,15-16H,4-10H2,1-3H3. The van der Waals surface area contributed by atoms with E-state index in [-0.39, 0.29) is 5.92 Å². The lowest BCUT2D eigenvalue weighted by Crippen LogP contribution is -2.65. The lowest BCUT2D eigenvalue weighted by atomic mass is 9.83. The van der Waals surface area contributed by atoms with Gasteiger partial charge in [0.05, 0.1) is 18.3 Å². The maximum absolute atomic E-state index is 10.1. The molecule has 1 aliphatic heterocycles. The van der Waals surface area contributed by atoms with Gasteiger partial charge < -0.3 is 14.9 Å². The summed E-state index contributed by atoms with van der Waals surface area (Å²) in [6.07, 6.45) is 1.72. The lowest BCUT2D eigenvalue weighted by Gasteiger charge is -2.49. The minimum Gasteiger partial charge on any atom is -0.389 e. The number of β-amino-alcohol motifs (C(OH)–C–C–N with tert-alkyl or cyclic N) is 2. The Labute approximate surface area is 105 Å². The van der Waals surface area contributed by atoms with Crippen molar-refractivity contribution in [3.05, 3.63) is 0 Å². The van der Waals surface area contributed by atoms with Gasteiger partial charge in [-0.05, 0) is 12.3 Å². The molecule has 1 atom stereocenters. The number of nitrogens with zero attached hydrogens (tertiary/aromatic N) is 1. The third-order valence-corrected chi connectivity index (χ3v) is 3.49. The summed E-state index contributed by atoms with van der Waals surface area (Å²) >= 11 is 0. The first-order chi connectivity index (χ1) is 7.98. The number of unbranched alkanes of at least 4 members (excludes halogenated alkanes) is 1. The molecule has 0 aliphatic carbocycles. The number of aliphatic hydroxyl groups excluding tert-OH is 1. The minimum atomic E-state index is -0.553. The van der Waals surface area contributed by atoms with Crippen molar-refractivity contribution in [3.63, 3.8) is 0 Å². The molecule has 0 radical (unpaired) electrons. The van der Waals surface area contributed by atoms with Crippen molar-refractivity contribution in [2.75, 3.05) is 32.8 Å². The Morgan fingerprint density at radius 2 is 2.00 bits per heavy atom. The molecule has 1 fully saturated rings. The van der Waals surface area contributed by atoms with E-state index in [0.29, 0.717) is 26.2 Å². The topological polar surface area (TPSA) is 52.9 Å². The Hall–Kier alpha value is -0.160. The van der Waals surface area contributed by atoms with Crippen LogP contribution in [0.1, 0.15) is 33.6 Å². The molecule has 0 spiro atoms. The lowest BCUT2D eigenvalue weighted by molar-refractivity contribution is -0.139. The van der Waals surface area contributed by atoms with Crippen molar-refractivity contribution in [2.45, 2.75) is 45.3 Å². The summed E-state index contributed by atoms with van der Waals surface area (Å²) in [4.78, 5) is 2.08. The van der Waals surface area contributed by atoms with Crippen LogP contribution < -0.4 is 0 Å². The molecule has 0 saturated carbocycles. The summed E-state index contributed by atoms with van der Waals surface area (Å²) in [6, 6.07) is 0. The van der Waals surface area contributed by atoms with E-state index in [1.807, 2.05) is 13.8 Å². The van der Waals surface area contributed by atoms with Gasteiger partial charge in [-0.25, -0.2) is 0 Å². The van der Waals surface area contributed by atoms with Crippen LogP contribution in [0.4, 0.5) is 0 Å². The highest BCUT2D eigenvalue weighted by Gasteiger charge is 2.43. The Bertz CT molecular complexity index is 215. The van der Waals surface area contributed by atoms with Gasteiger partial charge in [0.2, 0.25) is 0 Å². The fraction of sp³-hybridized carbons (Fsp3) is 1.00. The van der Waals surface area contributed by atoms with E-state index in [4.69, 9.17) is 4.74 Å². The first kappa shape index (κ1) is 14.9. The zero-order valence-electron chi connectivity index (χ0n) is 11.4.